The van der Waals surface area contributed by atoms with Crippen LogP contribution in [0, 0.1) is 0 Å². The molecule has 1 unspecified atom stereocenters. The van der Waals surface area contributed by atoms with Gasteiger partial charge in [-0.2, -0.15) is 4.98 Å². The highest BCUT2D eigenvalue weighted by Gasteiger charge is 2.34. The molecule has 7 nitrogen and oxygen atoms in total. The minimum Gasteiger partial charge on any atom is -0.491 e. The second kappa shape index (κ2) is 10.6. The first-order valence-corrected chi connectivity index (χ1v) is 12.2. The summed E-state index contributed by atoms with van der Waals surface area (Å²) in [5.74, 6) is 2.57. The number of carbonyl (C=O) groups excluding carboxylic acids is 1. The van der Waals surface area contributed by atoms with Crippen LogP contribution in [-0.2, 0) is 17.9 Å². The quantitative estimate of drug-likeness (QED) is 0.308. The van der Waals surface area contributed by atoms with Gasteiger partial charge in [0.05, 0.1) is 12.0 Å². The Morgan fingerprint density at radius 1 is 0.944 bits per heavy atom. The van der Waals surface area contributed by atoms with Crippen LogP contribution in [0.2, 0.25) is 0 Å². The van der Waals surface area contributed by atoms with E-state index in [9.17, 15) is 4.79 Å². The van der Waals surface area contributed by atoms with E-state index in [1.807, 2.05) is 97.6 Å². The van der Waals surface area contributed by atoms with Gasteiger partial charge in [-0.25, -0.2) is 0 Å². The molecule has 0 N–H and O–H groups in total. The molecule has 184 valence electrons. The van der Waals surface area contributed by atoms with Gasteiger partial charge in [0, 0.05) is 25.1 Å². The highest BCUT2D eigenvalue weighted by molar-refractivity contribution is 5.79. The number of hydrogen-bond donors (Lipinski definition) is 0. The highest BCUT2D eigenvalue weighted by Crippen LogP contribution is 2.30. The Labute approximate surface area is 210 Å². The average Bonchev–Trinajstić information content (AvgIpc) is 3.52. The SMILES string of the molecule is CC(C)Oc1ccc(CN2CC(c3nc(-c4ccc(OCc5ccccc5)cc4)no3)CC2=O)cc1. The van der Waals surface area contributed by atoms with Crippen LogP contribution in [0.5, 0.6) is 11.5 Å². The molecule has 5 rings (SSSR count). The number of likely N-dealkylation sites (tertiary alicyclic amines) is 1. The standard InChI is InChI=1S/C29H29N3O4/c1-20(2)35-26-12-8-21(9-13-26)17-32-18-24(16-27(32)33)29-30-28(31-36-29)23-10-14-25(15-11-23)34-19-22-6-4-3-5-7-22/h3-15,20,24H,16-19H2,1-2H3. The fourth-order valence-electron chi connectivity index (χ4n) is 4.22. The summed E-state index contributed by atoms with van der Waals surface area (Å²) < 4.78 is 17.1. The zero-order valence-corrected chi connectivity index (χ0v) is 20.5. The summed E-state index contributed by atoms with van der Waals surface area (Å²) in [6.45, 7) is 5.60. The average molecular weight is 484 g/mol. The molecular weight excluding hydrogens is 454 g/mol. The van der Waals surface area contributed by atoms with E-state index in [4.69, 9.17) is 14.0 Å². The van der Waals surface area contributed by atoms with E-state index in [1.54, 1.807) is 0 Å². The summed E-state index contributed by atoms with van der Waals surface area (Å²) in [5.41, 5.74) is 3.00. The molecule has 1 amide bonds. The van der Waals surface area contributed by atoms with Crippen LogP contribution < -0.4 is 9.47 Å². The summed E-state index contributed by atoms with van der Waals surface area (Å²) in [6, 6.07) is 25.5. The maximum Gasteiger partial charge on any atom is 0.232 e. The molecule has 1 atom stereocenters. The molecule has 0 spiro atoms. The maximum absolute atomic E-state index is 12.7. The Kier molecular flexibility index (Phi) is 6.98. The van der Waals surface area contributed by atoms with Gasteiger partial charge in [-0.3, -0.25) is 4.79 Å². The number of carbonyl (C=O) groups is 1. The normalized spacial score (nSPS) is 15.5. The van der Waals surface area contributed by atoms with Crippen LogP contribution in [0.15, 0.2) is 83.4 Å². The van der Waals surface area contributed by atoms with Gasteiger partial charge in [0.25, 0.3) is 0 Å². The molecule has 7 heteroatoms. The molecule has 2 heterocycles. The van der Waals surface area contributed by atoms with Crippen molar-refractivity contribution < 1.29 is 18.8 Å². The Balaban J connectivity index is 1.18. The second-order valence-electron chi connectivity index (χ2n) is 9.24. The minimum absolute atomic E-state index is 0.0853. The molecule has 4 aromatic rings. The summed E-state index contributed by atoms with van der Waals surface area (Å²) in [6.07, 6.45) is 0.490. The lowest BCUT2D eigenvalue weighted by atomic mass is 10.1. The predicted molar refractivity (Wildman–Crippen MR) is 135 cm³/mol. The largest absolute Gasteiger partial charge is 0.491 e. The first-order valence-electron chi connectivity index (χ1n) is 12.2. The fraction of sp³-hybridized carbons (Fsp3) is 0.276. The van der Waals surface area contributed by atoms with E-state index in [2.05, 4.69) is 10.1 Å². The Morgan fingerprint density at radius 3 is 2.39 bits per heavy atom. The smallest absolute Gasteiger partial charge is 0.232 e. The van der Waals surface area contributed by atoms with Gasteiger partial charge in [-0.15, -0.1) is 0 Å². The molecule has 1 fully saturated rings. The number of ether oxygens (including phenoxy) is 2. The topological polar surface area (TPSA) is 77.7 Å². The van der Waals surface area contributed by atoms with Crippen LogP contribution in [0.25, 0.3) is 11.4 Å². The molecule has 0 bridgehead atoms. The molecule has 0 aliphatic carbocycles. The van der Waals surface area contributed by atoms with E-state index >= 15 is 0 Å². The number of rotatable bonds is 9. The zero-order valence-electron chi connectivity index (χ0n) is 20.5. The third-order valence-corrected chi connectivity index (χ3v) is 6.03. The molecule has 1 saturated heterocycles. The van der Waals surface area contributed by atoms with Crippen molar-refractivity contribution in [2.24, 2.45) is 0 Å². The first kappa shape index (κ1) is 23.6. The summed E-state index contributed by atoms with van der Waals surface area (Å²) >= 11 is 0. The Morgan fingerprint density at radius 2 is 1.67 bits per heavy atom. The second-order valence-corrected chi connectivity index (χ2v) is 9.24. The van der Waals surface area contributed by atoms with E-state index < -0.39 is 0 Å². The monoisotopic (exact) mass is 483 g/mol. The molecule has 0 saturated carbocycles. The van der Waals surface area contributed by atoms with Gasteiger partial charge in [-0.1, -0.05) is 47.6 Å². The third kappa shape index (κ3) is 5.74. The van der Waals surface area contributed by atoms with Crippen LogP contribution in [0.4, 0.5) is 0 Å². The van der Waals surface area contributed by atoms with Crippen molar-refractivity contribution in [1.29, 1.82) is 0 Å². The van der Waals surface area contributed by atoms with Gasteiger partial charge >= 0.3 is 0 Å². The lowest BCUT2D eigenvalue weighted by molar-refractivity contribution is -0.128. The highest BCUT2D eigenvalue weighted by atomic mass is 16.5. The summed E-state index contributed by atoms with van der Waals surface area (Å²) in [5, 5.41) is 4.15. The number of nitrogens with zero attached hydrogens (tertiary/aromatic N) is 3. The zero-order chi connectivity index (χ0) is 24.9. The van der Waals surface area contributed by atoms with Crippen LogP contribution in [-0.4, -0.2) is 33.6 Å². The molecule has 3 aromatic carbocycles. The van der Waals surface area contributed by atoms with Crippen molar-refractivity contribution >= 4 is 5.91 Å². The van der Waals surface area contributed by atoms with E-state index in [0.717, 1.165) is 28.2 Å². The molecule has 1 aliphatic rings. The lowest BCUT2D eigenvalue weighted by Crippen LogP contribution is -2.24. The van der Waals surface area contributed by atoms with Crippen molar-refractivity contribution in [2.75, 3.05) is 6.54 Å². The lowest BCUT2D eigenvalue weighted by Gasteiger charge is -2.16. The first-order chi connectivity index (χ1) is 17.5. The molecule has 36 heavy (non-hydrogen) atoms. The minimum atomic E-state index is -0.115. The van der Waals surface area contributed by atoms with Crippen molar-refractivity contribution in [1.82, 2.24) is 15.0 Å². The molecule has 1 aromatic heterocycles. The van der Waals surface area contributed by atoms with Gasteiger partial charge in [0.15, 0.2) is 0 Å². The maximum atomic E-state index is 12.7. The van der Waals surface area contributed by atoms with Crippen LogP contribution >= 0.6 is 0 Å². The molecular formula is C29H29N3O4. The fourth-order valence-corrected chi connectivity index (χ4v) is 4.22. The summed E-state index contributed by atoms with van der Waals surface area (Å²) in [4.78, 5) is 19.1. The van der Waals surface area contributed by atoms with Crippen molar-refractivity contribution in [3.05, 3.63) is 95.9 Å². The van der Waals surface area contributed by atoms with Crippen molar-refractivity contribution in [3.63, 3.8) is 0 Å². The Bertz CT molecular complexity index is 1280. The number of benzene rings is 3. The van der Waals surface area contributed by atoms with Gasteiger partial charge in [-0.05, 0) is 61.4 Å². The Hall–Kier alpha value is -4.13. The number of hydrogen-bond acceptors (Lipinski definition) is 6. The number of amides is 1. The van der Waals surface area contributed by atoms with E-state index in [-0.39, 0.29) is 17.9 Å². The van der Waals surface area contributed by atoms with Gasteiger partial charge in [0.2, 0.25) is 17.6 Å². The predicted octanol–water partition coefficient (Wildman–Crippen LogP) is 5.62. The summed E-state index contributed by atoms with van der Waals surface area (Å²) in [7, 11) is 0. The van der Waals surface area contributed by atoms with Crippen molar-refractivity contribution in [2.45, 2.75) is 45.4 Å². The molecule has 0 radical (unpaired) electrons. The van der Waals surface area contributed by atoms with Gasteiger partial charge < -0.3 is 18.9 Å². The van der Waals surface area contributed by atoms with Gasteiger partial charge in [0.1, 0.15) is 18.1 Å². The molecule has 1 aliphatic heterocycles. The third-order valence-electron chi connectivity index (χ3n) is 6.03. The number of aromatic nitrogens is 2. The van der Waals surface area contributed by atoms with E-state index in [0.29, 0.717) is 37.8 Å². The van der Waals surface area contributed by atoms with Crippen LogP contribution in [0.1, 0.15) is 43.2 Å². The van der Waals surface area contributed by atoms with E-state index in [1.165, 1.54) is 0 Å². The van der Waals surface area contributed by atoms with Crippen molar-refractivity contribution in [3.8, 4) is 22.9 Å². The van der Waals surface area contributed by atoms with Crippen LogP contribution in [0.3, 0.4) is 0 Å².